The molecule has 0 saturated heterocycles. The molecule has 0 saturated carbocycles. The lowest BCUT2D eigenvalue weighted by Gasteiger charge is -2.09. The predicted octanol–water partition coefficient (Wildman–Crippen LogP) is 2.69. The highest BCUT2D eigenvalue weighted by Crippen LogP contribution is 2.10. The molecule has 5 nitrogen and oxygen atoms in total. The first-order chi connectivity index (χ1) is 9.29. The summed E-state index contributed by atoms with van der Waals surface area (Å²) in [7, 11) is 0. The van der Waals surface area contributed by atoms with Gasteiger partial charge in [0.05, 0.1) is 5.69 Å². The first kappa shape index (κ1) is 13.6. The summed E-state index contributed by atoms with van der Waals surface area (Å²) in [6.45, 7) is 7.15. The van der Waals surface area contributed by atoms with Crippen LogP contribution in [0.3, 0.4) is 0 Å². The van der Waals surface area contributed by atoms with Crippen molar-refractivity contribution < 1.29 is 0 Å². The number of hydrogen-bond donors (Lipinski definition) is 1. The van der Waals surface area contributed by atoms with Crippen LogP contribution in [0.1, 0.15) is 31.9 Å². The van der Waals surface area contributed by atoms with E-state index >= 15 is 0 Å². The number of nitrogens with one attached hydrogen (secondary N) is 1. The van der Waals surface area contributed by atoms with Gasteiger partial charge in [0.15, 0.2) is 0 Å². The first-order valence-corrected chi connectivity index (χ1v) is 7.04. The normalized spacial score (nSPS) is 10.8. The summed E-state index contributed by atoms with van der Waals surface area (Å²) in [6, 6.07) is 1.95. The lowest BCUT2D eigenvalue weighted by atomic mass is 10.3. The van der Waals surface area contributed by atoms with E-state index in [0.717, 1.165) is 37.7 Å². The molecule has 0 bridgehead atoms. The quantitative estimate of drug-likeness (QED) is 0.743. The molecule has 0 amide bonds. The maximum atomic E-state index is 4.53. The lowest BCUT2D eigenvalue weighted by molar-refractivity contribution is 0.587. The van der Waals surface area contributed by atoms with Crippen LogP contribution in [0.2, 0.25) is 0 Å². The largest absolute Gasteiger partial charge is 0.356 e. The maximum Gasteiger partial charge on any atom is 0.203 e. The Kier molecular flexibility index (Phi) is 5.01. The van der Waals surface area contributed by atoms with Crippen molar-refractivity contribution in [2.45, 2.75) is 46.2 Å². The van der Waals surface area contributed by atoms with Crippen LogP contribution >= 0.6 is 0 Å². The summed E-state index contributed by atoms with van der Waals surface area (Å²) in [6.07, 6.45) is 9.36. The molecule has 0 aliphatic carbocycles. The van der Waals surface area contributed by atoms with Gasteiger partial charge >= 0.3 is 0 Å². The Balaban J connectivity index is 1.78. The van der Waals surface area contributed by atoms with Crippen LogP contribution in [0, 0.1) is 6.92 Å². The zero-order valence-electron chi connectivity index (χ0n) is 11.8. The van der Waals surface area contributed by atoms with E-state index in [1.807, 2.05) is 30.1 Å². The van der Waals surface area contributed by atoms with E-state index in [-0.39, 0.29) is 0 Å². The minimum absolute atomic E-state index is 0.919. The van der Waals surface area contributed by atoms with Crippen LogP contribution < -0.4 is 5.32 Å². The van der Waals surface area contributed by atoms with E-state index < -0.39 is 0 Å². The number of rotatable bonds is 8. The molecular weight excluding hydrogens is 238 g/mol. The fourth-order valence-electron chi connectivity index (χ4n) is 2.06. The molecular formula is C14H23N5. The Labute approximate surface area is 114 Å². The second-order valence-corrected chi connectivity index (χ2v) is 4.80. The van der Waals surface area contributed by atoms with Crippen molar-refractivity contribution in [1.29, 1.82) is 0 Å². The molecule has 0 radical (unpaired) electrons. The van der Waals surface area contributed by atoms with E-state index in [2.05, 4.69) is 33.1 Å². The highest BCUT2D eigenvalue weighted by Gasteiger charge is 2.04. The molecule has 2 heterocycles. The molecule has 2 aromatic heterocycles. The summed E-state index contributed by atoms with van der Waals surface area (Å²) in [5.41, 5.74) is 1.07. The van der Waals surface area contributed by atoms with Crippen LogP contribution in [-0.4, -0.2) is 25.9 Å². The summed E-state index contributed by atoms with van der Waals surface area (Å²) in [5, 5.41) is 7.61. The van der Waals surface area contributed by atoms with E-state index in [9.17, 15) is 0 Å². The lowest BCUT2D eigenvalue weighted by Crippen LogP contribution is -2.11. The van der Waals surface area contributed by atoms with Crippen molar-refractivity contribution in [1.82, 2.24) is 19.3 Å². The molecule has 0 atom stereocenters. The molecule has 1 N–H and O–H groups in total. The Morgan fingerprint density at radius 3 is 2.89 bits per heavy atom. The smallest absolute Gasteiger partial charge is 0.203 e. The van der Waals surface area contributed by atoms with Crippen LogP contribution in [-0.2, 0) is 13.1 Å². The molecule has 0 aromatic carbocycles. The predicted molar refractivity (Wildman–Crippen MR) is 77.2 cm³/mol. The second kappa shape index (κ2) is 6.97. The average Bonchev–Trinajstić information content (AvgIpc) is 3.02. The molecule has 0 unspecified atom stereocenters. The van der Waals surface area contributed by atoms with Gasteiger partial charge in [-0.2, -0.15) is 5.10 Å². The number of aromatic nitrogens is 4. The van der Waals surface area contributed by atoms with Crippen molar-refractivity contribution in [3.05, 3.63) is 30.4 Å². The minimum atomic E-state index is 0.919. The first-order valence-electron chi connectivity index (χ1n) is 7.04. The Morgan fingerprint density at radius 2 is 2.16 bits per heavy atom. The van der Waals surface area contributed by atoms with Crippen molar-refractivity contribution >= 4 is 5.95 Å². The monoisotopic (exact) mass is 261 g/mol. The van der Waals surface area contributed by atoms with Crippen LogP contribution in [0.25, 0.3) is 0 Å². The number of hydrogen-bond acceptors (Lipinski definition) is 3. The number of nitrogens with zero attached hydrogens (tertiary/aromatic N) is 4. The molecule has 0 aliphatic heterocycles. The van der Waals surface area contributed by atoms with Crippen molar-refractivity contribution in [3.63, 3.8) is 0 Å². The second-order valence-electron chi connectivity index (χ2n) is 4.80. The SMILES string of the molecule is CCCCn1cc(C)nc1NCCCn1cccn1. The number of anilines is 1. The summed E-state index contributed by atoms with van der Waals surface area (Å²) < 4.78 is 4.17. The summed E-state index contributed by atoms with van der Waals surface area (Å²) in [4.78, 5) is 4.53. The highest BCUT2D eigenvalue weighted by molar-refractivity contribution is 5.28. The molecule has 0 aliphatic rings. The summed E-state index contributed by atoms with van der Waals surface area (Å²) in [5.74, 6) is 0.992. The molecule has 19 heavy (non-hydrogen) atoms. The van der Waals surface area contributed by atoms with Crippen LogP contribution in [0.15, 0.2) is 24.7 Å². The van der Waals surface area contributed by atoms with Gasteiger partial charge in [-0.25, -0.2) is 4.98 Å². The third-order valence-corrected chi connectivity index (χ3v) is 3.06. The zero-order valence-corrected chi connectivity index (χ0v) is 11.8. The van der Waals surface area contributed by atoms with Crippen LogP contribution in [0.4, 0.5) is 5.95 Å². The topological polar surface area (TPSA) is 47.7 Å². The van der Waals surface area contributed by atoms with Gasteiger partial charge < -0.3 is 9.88 Å². The van der Waals surface area contributed by atoms with Gasteiger partial charge in [-0.15, -0.1) is 0 Å². The van der Waals surface area contributed by atoms with E-state index in [0.29, 0.717) is 0 Å². The fraction of sp³-hybridized carbons (Fsp3) is 0.571. The van der Waals surface area contributed by atoms with Gasteiger partial charge in [0.1, 0.15) is 0 Å². The number of aryl methyl sites for hydroxylation is 3. The molecule has 0 fully saturated rings. The van der Waals surface area contributed by atoms with Gasteiger partial charge in [-0.3, -0.25) is 4.68 Å². The molecule has 5 heteroatoms. The fourth-order valence-corrected chi connectivity index (χ4v) is 2.06. The molecule has 2 aromatic rings. The van der Waals surface area contributed by atoms with Crippen molar-refractivity contribution in [3.8, 4) is 0 Å². The average molecular weight is 261 g/mol. The van der Waals surface area contributed by atoms with Gasteiger partial charge in [-0.1, -0.05) is 13.3 Å². The number of unbranched alkanes of at least 4 members (excludes halogenated alkanes) is 1. The minimum Gasteiger partial charge on any atom is -0.356 e. The molecule has 0 spiro atoms. The van der Waals surface area contributed by atoms with Gasteiger partial charge in [0.25, 0.3) is 0 Å². The van der Waals surface area contributed by atoms with Crippen molar-refractivity contribution in [2.75, 3.05) is 11.9 Å². The third kappa shape index (κ3) is 4.12. The van der Waals surface area contributed by atoms with Crippen LogP contribution in [0.5, 0.6) is 0 Å². The maximum absolute atomic E-state index is 4.53. The van der Waals surface area contributed by atoms with Gasteiger partial charge in [-0.05, 0) is 25.8 Å². The van der Waals surface area contributed by atoms with Crippen molar-refractivity contribution in [2.24, 2.45) is 0 Å². The third-order valence-electron chi connectivity index (χ3n) is 3.06. The Bertz CT molecular complexity index is 472. The Morgan fingerprint density at radius 1 is 1.26 bits per heavy atom. The zero-order chi connectivity index (χ0) is 13.5. The van der Waals surface area contributed by atoms with E-state index in [4.69, 9.17) is 0 Å². The molecule has 104 valence electrons. The van der Waals surface area contributed by atoms with E-state index in [1.54, 1.807) is 0 Å². The van der Waals surface area contributed by atoms with Gasteiger partial charge in [0.2, 0.25) is 5.95 Å². The molecule has 2 rings (SSSR count). The van der Waals surface area contributed by atoms with E-state index in [1.165, 1.54) is 12.8 Å². The number of imidazole rings is 1. The Hall–Kier alpha value is -1.78. The summed E-state index contributed by atoms with van der Waals surface area (Å²) >= 11 is 0. The standard InChI is InChI=1S/C14H23N5/c1-3-4-9-18-12-13(2)17-14(18)15-7-5-10-19-11-6-8-16-19/h6,8,11-12H,3-5,7,9-10H2,1-2H3,(H,15,17). The highest BCUT2D eigenvalue weighted by atomic mass is 15.3. The van der Waals surface area contributed by atoms with Gasteiger partial charge in [0, 0.05) is 38.2 Å².